The number of hydrogen-bond acceptors (Lipinski definition) is 3. The minimum absolute atomic E-state index is 0.196. The molecule has 2 aromatic carbocycles. The molecule has 4 nitrogen and oxygen atoms in total. The number of fused-ring (bicyclic) bond motifs is 1. The molecule has 0 fully saturated rings. The average molecular weight is 445 g/mol. The van der Waals surface area contributed by atoms with Crippen molar-refractivity contribution in [1.82, 2.24) is 0 Å². The maximum Gasteiger partial charge on any atom is 0.245 e. The van der Waals surface area contributed by atoms with Crippen LogP contribution in [-0.2, 0) is 4.79 Å². The summed E-state index contributed by atoms with van der Waals surface area (Å²) in [4.78, 5) is 11.6. The summed E-state index contributed by atoms with van der Waals surface area (Å²) in [5.41, 5.74) is 7.29. The van der Waals surface area contributed by atoms with Gasteiger partial charge in [-0.15, -0.1) is 0 Å². The summed E-state index contributed by atoms with van der Waals surface area (Å²) in [6, 6.07) is 10.7. The van der Waals surface area contributed by atoms with Crippen molar-refractivity contribution in [3.63, 3.8) is 0 Å². The second kappa shape index (κ2) is 5.34. The predicted octanol–water partition coefficient (Wildman–Crippen LogP) is 3.80. The third-order valence-electron chi connectivity index (χ3n) is 3.04. The predicted molar refractivity (Wildman–Crippen MR) is 88.9 cm³/mol. The zero-order valence-electron chi connectivity index (χ0n) is 10.2. The van der Waals surface area contributed by atoms with Crippen LogP contribution in [0.4, 0.5) is 5.69 Å². The van der Waals surface area contributed by atoms with Crippen molar-refractivity contribution in [2.75, 3.05) is 5.32 Å². The molecule has 3 rings (SSSR count). The summed E-state index contributed by atoms with van der Waals surface area (Å²) in [5, 5.41) is 2.75. The van der Waals surface area contributed by atoms with E-state index >= 15 is 0 Å². The zero-order chi connectivity index (χ0) is 14.3. The first kappa shape index (κ1) is 13.8. The van der Waals surface area contributed by atoms with Gasteiger partial charge in [-0.05, 0) is 56.7 Å². The molecule has 20 heavy (non-hydrogen) atoms. The summed E-state index contributed by atoms with van der Waals surface area (Å²) in [6.07, 6.45) is 0. The summed E-state index contributed by atoms with van der Waals surface area (Å²) >= 11 is 5.67. The third-order valence-corrected chi connectivity index (χ3v) is 4.55. The Hall–Kier alpha value is -1.12. The molecular weight excluding hydrogens is 435 g/mol. The lowest BCUT2D eigenvalue weighted by atomic mass is 10.1. The number of nitrogens with two attached hydrogens (primary N) is 1. The number of ether oxygens (including phenoxy) is 1. The van der Waals surface area contributed by atoms with Gasteiger partial charge < -0.3 is 15.8 Å². The van der Waals surface area contributed by atoms with Crippen molar-refractivity contribution >= 4 is 50.1 Å². The molecule has 0 saturated heterocycles. The van der Waals surface area contributed by atoms with E-state index in [-0.39, 0.29) is 5.91 Å². The van der Waals surface area contributed by atoms with Crippen LogP contribution < -0.4 is 15.8 Å². The van der Waals surface area contributed by atoms with Crippen LogP contribution in [0.1, 0.15) is 11.6 Å². The van der Waals surface area contributed by atoms with Crippen molar-refractivity contribution in [2.45, 2.75) is 6.04 Å². The molecule has 1 aliphatic rings. The quantitative estimate of drug-likeness (QED) is 0.692. The molecule has 2 aromatic rings. The molecule has 0 saturated carbocycles. The fraction of sp³-hybridized carbons (Fsp3) is 0.0714. The number of rotatable bonds is 2. The topological polar surface area (TPSA) is 64.4 Å². The standard InChI is InChI=1S/C14H10BrIN2O2/c15-8-5-7-10(18-14(19)13(7)17)6-12(8)20-11-4-2-1-3-9(11)16/h1-6,13H,17H2,(H,18,19). The minimum atomic E-state index is -0.618. The number of benzene rings is 2. The number of carbonyl (C=O) groups excluding carboxylic acids is 1. The number of amides is 1. The van der Waals surface area contributed by atoms with Crippen LogP contribution in [0.3, 0.4) is 0 Å². The van der Waals surface area contributed by atoms with Crippen LogP contribution in [0.5, 0.6) is 11.5 Å². The fourth-order valence-corrected chi connectivity index (χ4v) is 2.95. The van der Waals surface area contributed by atoms with E-state index in [2.05, 4.69) is 43.8 Å². The highest BCUT2D eigenvalue weighted by atomic mass is 127. The van der Waals surface area contributed by atoms with E-state index in [4.69, 9.17) is 10.5 Å². The van der Waals surface area contributed by atoms with Crippen LogP contribution >= 0.6 is 38.5 Å². The first-order valence-electron chi connectivity index (χ1n) is 5.88. The van der Waals surface area contributed by atoms with Gasteiger partial charge in [0.25, 0.3) is 0 Å². The molecule has 3 N–H and O–H groups in total. The van der Waals surface area contributed by atoms with E-state index in [9.17, 15) is 4.79 Å². The highest BCUT2D eigenvalue weighted by Crippen LogP contribution is 2.40. The molecule has 6 heteroatoms. The fourth-order valence-electron chi connectivity index (χ4n) is 2.01. The zero-order valence-corrected chi connectivity index (χ0v) is 13.9. The van der Waals surface area contributed by atoms with Crippen molar-refractivity contribution in [1.29, 1.82) is 0 Å². The summed E-state index contributed by atoms with van der Waals surface area (Å²) in [7, 11) is 0. The minimum Gasteiger partial charge on any atom is -0.455 e. The van der Waals surface area contributed by atoms with Crippen molar-refractivity contribution in [2.24, 2.45) is 5.73 Å². The Morgan fingerprint density at radius 1 is 1.25 bits per heavy atom. The Labute approximate surface area is 138 Å². The number of carbonyl (C=O) groups is 1. The van der Waals surface area contributed by atoms with E-state index in [1.165, 1.54) is 0 Å². The van der Waals surface area contributed by atoms with Gasteiger partial charge in [-0.2, -0.15) is 0 Å². The molecule has 0 bridgehead atoms. The average Bonchev–Trinajstić information content (AvgIpc) is 2.69. The number of anilines is 1. The van der Waals surface area contributed by atoms with Crippen molar-refractivity contribution < 1.29 is 9.53 Å². The smallest absolute Gasteiger partial charge is 0.245 e. The maximum absolute atomic E-state index is 11.6. The molecule has 0 aliphatic carbocycles. The lowest BCUT2D eigenvalue weighted by Gasteiger charge is -2.11. The summed E-state index contributed by atoms with van der Waals surface area (Å²) in [6.45, 7) is 0. The number of halogens is 2. The highest BCUT2D eigenvalue weighted by Gasteiger charge is 2.28. The van der Waals surface area contributed by atoms with Crippen molar-refractivity contribution in [3.05, 3.63) is 50.0 Å². The monoisotopic (exact) mass is 444 g/mol. The Morgan fingerprint density at radius 3 is 2.75 bits per heavy atom. The van der Waals surface area contributed by atoms with Crippen LogP contribution in [0.25, 0.3) is 0 Å². The van der Waals surface area contributed by atoms with E-state index < -0.39 is 6.04 Å². The lowest BCUT2D eigenvalue weighted by Crippen LogP contribution is -2.19. The highest BCUT2D eigenvalue weighted by molar-refractivity contribution is 14.1. The molecule has 1 atom stereocenters. The molecule has 0 radical (unpaired) electrons. The number of hydrogen-bond donors (Lipinski definition) is 2. The molecule has 1 aliphatic heterocycles. The van der Waals surface area contributed by atoms with Gasteiger partial charge in [-0.1, -0.05) is 12.1 Å². The van der Waals surface area contributed by atoms with Crippen LogP contribution in [0.2, 0.25) is 0 Å². The van der Waals surface area contributed by atoms with E-state index in [1.807, 2.05) is 30.3 Å². The first-order chi connectivity index (χ1) is 9.56. The molecule has 1 heterocycles. The van der Waals surface area contributed by atoms with Crippen LogP contribution in [0.15, 0.2) is 40.9 Å². The van der Waals surface area contributed by atoms with Gasteiger partial charge in [0.05, 0.1) is 8.04 Å². The summed E-state index contributed by atoms with van der Waals surface area (Å²) in [5.74, 6) is 1.21. The number of nitrogens with one attached hydrogen (secondary N) is 1. The normalized spacial score (nSPS) is 16.8. The molecule has 0 aromatic heterocycles. The maximum atomic E-state index is 11.6. The van der Waals surface area contributed by atoms with Gasteiger partial charge in [-0.3, -0.25) is 4.79 Å². The van der Waals surface area contributed by atoms with Gasteiger partial charge in [0.15, 0.2) is 0 Å². The molecule has 102 valence electrons. The van der Waals surface area contributed by atoms with E-state index in [0.717, 1.165) is 19.4 Å². The van der Waals surface area contributed by atoms with Gasteiger partial charge in [-0.25, -0.2) is 0 Å². The van der Waals surface area contributed by atoms with Crippen LogP contribution in [-0.4, -0.2) is 5.91 Å². The van der Waals surface area contributed by atoms with Crippen molar-refractivity contribution in [3.8, 4) is 11.5 Å². The third kappa shape index (κ3) is 2.43. The summed E-state index contributed by atoms with van der Waals surface area (Å²) < 4.78 is 7.67. The second-order valence-corrected chi connectivity index (χ2v) is 6.39. The van der Waals surface area contributed by atoms with E-state index in [0.29, 0.717) is 11.4 Å². The second-order valence-electron chi connectivity index (χ2n) is 4.37. The van der Waals surface area contributed by atoms with E-state index in [1.54, 1.807) is 6.07 Å². The van der Waals surface area contributed by atoms with Gasteiger partial charge in [0.2, 0.25) is 5.91 Å². The molecule has 1 amide bonds. The largest absolute Gasteiger partial charge is 0.455 e. The Morgan fingerprint density at radius 2 is 2.00 bits per heavy atom. The molecule has 0 spiro atoms. The Balaban J connectivity index is 1.99. The van der Waals surface area contributed by atoms with Crippen LogP contribution in [0, 0.1) is 3.57 Å². The van der Waals surface area contributed by atoms with Gasteiger partial charge in [0, 0.05) is 17.3 Å². The molecular formula is C14H10BrIN2O2. The van der Waals surface area contributed by atoms with Gasteiger partial charge in [0.1, 0.15) is 17.5 Å². The Bertz CT molecular complexity index is 706. The van der Waals surface area contributed by atoms with Gasteiger partial charge >= 0.3 is 0 Å². The number of para-hydroxylation sites is 1. The SMILES string of the molecule is NC1C(=O)Nc2cc(Oc3ccccc3I)c(Br)cc21. The molecule has 1 unspecified atom stereocenters. The lowest BCUT2D eigenvalue weighted by molar-refractivity contribution is -0.116. The first-order valence-corrected chi connectivity index (χ1v) is 7.75. The Kier molecular flexibility index (Phi) is 3.70.